The summed E-state index contributed by atoms with van der Waals surface area (Å²) in [4.78, 5) is 37.6. The van der Waals surface area contributed by atoms with Crippen LogP contribution in [-0.4, -0.2) is 46.5 Å². The number of piperidine rings is 1. The summed E-state index contributed by atoms with van der Waals surface area (Å²) < 4.78 is 0. The van der Waals surface area contributed by atoms with Crippen LogP contribution in [0.25, 0.3) is 0 Å². The number of likely N-dealkylation sites (tertiary alicyclic amines) is 1. The third-order valence-corrected chi connectivity index (χ3v) is 4.16. The fourth-order valence-electron chi connectivity index (χ4n) is 3.05. The number of benzene rings is 1. The molecule has 7 nitrogen and oxygen atoms in total. The molecule has 3 amide bonds. The van der Waals surface area contributed by atoms with Gasteiger partial charge < -0.3 is 20.6 Å². The number of aliphatic carboxylic acids is 1. The second-order valence-electron chi connectivity index (χ2n) is 8.00. The van der Waals surface area contributed by atoms with Gasteiger partial charge in [-0.25, -0.2) is 4.79 Å². The van der Waals surface area contributed by atoms with Gasteiger partial charge in [0.05, 0.1) is 5.92 Å². The molecule has 2 atom stereocenters. The molecule has 1 heterocycles. The van der Waals surface area contributed by atoms with E-state index >= 15 is 0 Å². The van der Waals surface area contributed by atoms with Gasteiger partial charge in [-0.15, -0.1) is 0 Å². The Morgan fingerprint density at radius 2 is 1.88 bits per heavy atom. The monoisotopic (exact) mass is 361 g/mol. The van der Waals surface area contributed by atoms with Crippen molar-refractivity contribution in [2.75, 3.05) is 18.4 Å². The van der Waals surface area contributed by atoms with Crippen LogP contribution in [-0.2, 0) is 4.79 Å². The molecule has 142 valence electrons. The molecule has 3 N–H and O–H groups in total. The van der Waals surface area contributed by atoms with Crippen LogP contribution in [0.15, 0.2) is 24.3 Å². The molecule has 0 radical (unpaired) electrons. The Balaban J connectivity index is 2.06. The van der Waals surface area contributed by atoms with E-state index in [1.165, 1.54) is 4.90 Å². The van der Waals surface area contributed by atoms with Gasteiger partial charge in [0.1, 0.15) is 0 Å². The van der Waals surface area contributed by atoms with Crippen LogP contribution in [0.5, 0.6) is 0 Å². The number of hydrogen-bond donors (Lipinski definition) is 3. The van der Waals surface area contributed by atoms with E-state index in [4.69, 9.17) is 0 Å². The number of anilines is 1. The van der Waals surface area contributed by atoms with E-state index in [2.05, 4.69) is 10.6 Å². The topological polar surface area (TPSA) is 98.7 Å². The molecule has 1 aromatic carbocycles. The summed E-state index contributed by atoms with van der Waals surface area (Å²) in [6, 6.07) is 6.34. The van der Waals surface area contributed by atoms with Crippen LogP contribution in [0.2, 0.25) is 0 Å². The van der Waals surface area contributed by atoms with Crippen molar-refractivity contribution in [3.8, 4) is 0 Å². The summed E-state index contributed by atoms with van der Waals surface area (Å²) in [5, 5.41) is 14.9. The standard InChI is InChI=1S/C19H27N3O4/c1-12-8-14(17(24)25)11-22(10-12)18(26)20-15-7-5-6-13(9-15)16(23)21-19(2,3)4/h5-7,9,12,14H,8,10-11H2,1-4H3,(H,20,26)(H,21,23)(H,24,25). The molecular weight excluding hydrogens is 334 g/mol. The number of hydrogen-bond acceptors (Lipinski definition) is 3. The molecular formula is C19H27N3O4. The van der Waals surface area contributed by atoms with Crippen LogP contribution >= 0.6 is 0 Å². The minimum absolute atomic E-state index is 0.125. The van der Waals surface area contributed by atoms with Crippen LogP contribution in [0.4, 0.5) is 10.5 Å². The van der Waals surface area contributed by atoms with Gasteiger partial charge in [0.2, 0.25) is 0 Å². The van der Waals surface area contributed by atoms with Crippen molar-refractivity contribution in [3.05, 3.63) is 29.8 Å². The first-order valence-electron chi connectivity index (χ1n) is 8.76. The fraction of sp³-hybridized carbons (Fsp3) is 0.526. The average Bonchev–Trinajstić information content (AvgIpc) is 2.52. The van der Waals surface area contributed by atoms with Crippen molar-refractivity contribution in [2.45, 2.75) is 39.7 Å². The number of carboxylic acid groups (broad SMARTS) is 1. The minimum Gasteiger partial charge on any atom is -0.481 e. The molecule has 1 aliphatic heterocycles. The molecule has 7 heteroatoms. The Hall–Kier alpha value is -2.57. The van der Waals surface area contributed by atoms with Gasteiger partial charge in [-0.3, -0.25) is 9.59 Å². The second-order valence-corrected chi connectivity index (χ2v) is 8.00. The Labute approximate surface area is 153 Å². The van der Waals surface area contributed by atoms with Crippen LogP contribution < -0.4 is 10.6 Å². The Kier molecular flexibility index (Phi) is 5.90. The van der Waals surface area contributed by atoms with Crippen molar-refractivity contribution in [1.29, 1.82) is 0 Å². The lowest BCUT2D eigenvalue weighted by Crippen LogP contribution is -2.47. The molecule has 0 aromatic heterocycles. The van der Waals surface area contributed by atoms with Gasteiger partial charge >= 0.3 is 12.0 Å². The molecule has 1 saturated heterocycles. The summed E-state index contributed by atoms with van der Waals surface area (Å²) in [6.07, 6.45) is 0.571. The van der Waals surface area contributed by atoms with Gasteiger partial charge in [-0.2, -0.15) is 0 Å². The average molecular weight is 361 g/mol. The van der Waals surface area contributed by atoms with E-state index in [0.29, 0.717) is 24.2 Å². The molecule has 0 bridgehead atoms. The number of carboxylic acids is 1. The van der Waals surface area contributed by atoms with E-state index < -0.39 is 11.9 Å². The highest BCUT2D eigenvalue weighted by Crippen LogP contribution is 2.23. The van der Waals surface area contributed by atoms with E-state index in [1.54, 1.807) is 24.3 Å². The van der Waals surface area contributed by atoms with Crippen molar-refractivity contribution < 1.29 is 19.5 Å². The summed E-state index contributed by atoms with van der Waals surface area (Å²) >= 11 is 0. The van der Waals surface area contributed by atoms with Crippen molar-refractivity contribution in [3.63, 3.8) is 0 Å². The molecule has 0 aliphatic carbocycles. The molecule has 26 heavy (non-hydrogen) atoms. The Bertz CT molecular complexity index is 696. The van der Waals surface area contributed by atoms with E-state index in [-0.39, 0.29) is 29.9 Å². The first-order valence-corrected chi connectivity index (χ1v) is 8.76. The zero-order chi connectivity index (χ0) is 19.5. The maximum Gasteiger partial charge on any atom is 0.321 e. The van der Waals surface area contributed by atoms with Crippen molar-refractivity contribution in [2.24, 2.45) is 11.8 Å². The predicted molar refractivity (Wildman–Crippen MR) is 99.2 cm³/mol. The highest BCUT2D eigenvalue weighted by Gasteiger charge is 2.32. The molecule has 0 spiro atoms. The molecule has 1 fully saturated rings. The molecule has 1 aliphatic rings. The van der Waals surface area contributed by atoms with E-state index in [9.17, 15) is 19.5 Å². The predicted octanol–water partition coefficient (Wildman–Crippen LogP) is 2.79. The number of nitrogens with one attached hydrogen (secondary N) is 2. The lowest BCUT2D eigenvalue weighted by Gasteiger charge is -2.34. The molecule has 2 unspecified atom stereocenters. The van der Waals surface area contributed by atoms with Gasteiger partial charge in [0.25, 0.3) is 5.91 Å². The van der Waals surface area contributed by atoms with Crippen molar-refractivity contribution >= 4 is 23.6 Å². The smallest absolute Gasteiger partial charge is 0.321 e. The Morgan fingerprint density at radius 1 is 1.19 bits per heavy atom. The summed E-state index contributed by atoms with van der Waals surface area (Å²) in [6.45, 7) is 8.33. The lowest BCUT2D eigenvalue weighted by atomic mass is 9.91. The third kappa shape index (κ3) is 5.47. The maximum absolute atomic E-state index is 12.5. The zero-order valence-electron chi connectivity index (χ0n) is 15.7. The zero-order valence-corrected chi connectivity index (χ0v) is 15.7. The van der Waals surface area contributed by atoms with Crippen LogP contribution in [0.1, 0.15) is 44.5 Å². The number of carbonyl (C=O) groups excluding carboxylic acids is 2. The van der Waals surface area contributed by atoms with Crippen LogP contribution in [0.3, 0.4) is 0 Å². The quantitative estimate of drug-likeness (QED) is 0.771. The van der Waals surface area contributed by atoms with Gasteiger partial charge in [0, 0.05) is 29.9 Å². The number of urea groups is 1. The summed E-state index contributed by atoms with van der Waals surface area (Å²) in [5.74, 6) is -1.52. The Morgan fingerprint density at radius 3 is 2.50 bits per heavy atom. The van der Waals surface area contributed by atoms with Gasteiger partial charge in [-0.05, 0) is 51.3 Å². The van der Waals surface area contributed by atoms with Crippen LogP contribution in [0, 0.1) is 11.8 Å². The molecule has 1 aromatic rings. The fourth-order valence-corrected chi connectivity index (χ4v) is 3.05. The lowest BCUT2D eigenvalue weighted by molar-refractivity contribution is -0.143. The highest BCUT2D eigenvalue weighted by molar-refractivity contribution is 5.97. The number of amides is 3. The number of rotatable bonds is 3. The van der Waals surface area contributed by atoms with Gasteiger partial charge in [-0.1, -0.05) is 13.0 Å². The van der Waals surface area contributed by atoms with E-state index in [1.807, 2.05) is 27.7 Å². The number of nitrogens with zero attached hydrogens (tertiary/aromatic N) is 1. The largest absolute Gasteiger partial charge is 0.481 e. The van der Waals surface area contributed by atoms with Crippen molar-refractivity contribution in [1.82, 2.24) is 10.2 Å². The SMILES string of the molecule is CC1CC(C(=O)O)CN(C(=O)Nc2cccc(C(=O)NC(C)(C)C)c2)C1. The second kappa shape index (κ2) is 7.76. The molecule has 2 rings (SSSR count). The summed E-state index contributed by atoms with van der Waals surface area (Å²) in [5.41, 5.74) is 0.598. The molecule has 0 saturated carbocycles. The van der Waals surface area contributed by atoms with Gasteiger partial charge in [0.15, 0.2) is 0 Å². The minimum atomic E-state index is -0.879. The van der Waals surface area contributed by atoms with E-state index in [0.717, 1.165) is 0 Å². The first-order chi connectivity index (χ1) is 12.0. The maximum atomic E-state index is 12.5. The first kappa shape index (κ1) is 19.8. The number of carbonyl (C=O) groups is 3. The normalized spacial score (nSPS) is 20.4. The summed E-state index contributed by atoms with van der Waals surface area (Å²) in [7, 11) is 0. The highest BCUT2D eigenvalue weighted by atomic mass is 16.4. The third-order valence-electron chi connectivity index (χ3n) is 4.16.